The van der Waals surface area contributed by atoms with Gasteiger partial charge in [0.15, 0.2) is 0 Å². The van der Waals surface area contributed by atoms with Crippen molar-refractivity contribution in [2.24, 2.45) is 5.41 Å². The maximum absolute atomic E-state index is 11.3. The molecule has 0 aliphatic carbocycles. The number of hydrogen-bond acceptors (Lipinski definition) is 3. The molecule has 3 nitrogen and oxygen atoms in total. The van der Waals surface area contributed by atoms with E-state index in [1.54, 1.807) is 0 Å². The third-order valence-corrected chi connectivity index (χ3v) is 3.85. The van der Waals surface area contributed by atoms with Crippen LogP contribution in [0.5, 0.6) is 0 Å². The standard InChI is InChI=1S/C14H28N2O/c1-5-7-14(3,12-17)11-16-9-6-8-15(4)10-13(16)2/h12-13H,5-11H2,1-4H3. The molecule has 1 fully saturated rings. The fraction of sp³-hybridized carbons (Fsp3) is 0.929. The van der Waals surface area contributed by atoms with E-state index in [1.807, 2.05) is 0 Å². The number of likely N-dealkylation sites (N-methyl/N-ethyl adjacent to an activating group) is 1. The van der Waals surface area contributed by atoms with Gasteiger partial charge in [0, 0.05) is 24.5 Å². The molecule has 100 valence electrons. The van der Waals surface area contributed by atoms with Gasteiger partial charge in [0.1, 0.15) is 6.29 Å². The van der Waals surface area contributed by atoms with Gasteiger partial charge >= 0.3 is 0 Å². The van der Waals surface area contributed by atoms with E-state index in [4.69, 9.17) is 0 Å². The molecule has 3 heteroatoms. The topological polar surface area (TPSA) is 23.6 Å². The number of rotatable bonds is 5. The second kappa shape index (κ2) is 6.50. The number of nitrogens with zero attached hydrogens (tertiary/aromatic N) is 2. The van der Waals surface area contributed by atoms with Gasteiger partial charge in [-0.1, -0.05) is 20.3 Å². The van der Waals surface area contributed by atoms with Crippen LogP contribution in [0.2, 0.25) is 0 Å². The van der Waals surface area contributed by atoms with Crippen LogP contribution in [-0.4, -0.2) is 55.4 Å². The van der Waals surface area contributed by atoms with E-state index in [9.17, 15) is 4.79 Å². The molecule has 0 radical (unpaired) electrons. The summed E-state index contributed by atoms with van der Waals surface area (Å²) in [5.74, 6) is 0. The van der Waals surface area contributed by atoms with Crippen LogP contribution in [0.15, 0.2) is 0 Å². The first-order valence-corrected chi connectivity index (χ1v) is 6.89. The Morgan fingerprint density at radius 3 is 2.71 bits per heavy atom. The first kappa shape index (κ1) is 14.7. The molecule has 0 aromatic carbocycles. The molecule has 0 N–H and O–H groups in total. The summed E-state index contributed by atoms with van der Waals surface area (Å²) >= 11 is 0. The van der Waals surface area contributed by atoms with Crippen LogP contribution in [0.25, 0.3) is 0 Å². The van der Waals surface area contributed by atoms with E-state index in [2.05, 4.69) is 37.6 Å². The Morgan fingerprint density at radius 1 is 1.41 bits per heavy atom. The highest BCUT2D eigenvalue weighted by Crippen LogP contribution is 2.24. The lowest BCUT2D eigenvalue weighted by Gasteiger charge is -2.34. The minimum atomic E-state index is -0.161. The summed E-state index contributed by atoms with van der Waals surface area (Å²) in [4.78, 5) is 16.2. The van der Waals surface area contributed by atoms with E-state index in [0.717, 1.165) is 38.8 Å². The minimum Gasteiger partial charge on any atom is -0.305 e. The fourth-order valence-electron chi connectivity index (χ4n) is 2.87. The largest absolute Gasteiger partial charge is 0.305 e. The van der Waals surface area contributed by atoms with Gasteiger partial charge < -0.3 is 9.69 Å². The molecule has 1 rings (SSSR count). The van der Waals surface area contributed by atoms with Gasteiger partial charge in [-0.3, -0.25) is 4.90 Å². The van der Waals surface area contributed by atoms with Gasteiger partial charge in [-0.15, -0.1) is 0 Å². The first-order valence-electron chi connectivity index (χ1n) is 6.89. The third-order valence-electron chi connectivity index (χ3n) is 3.85. The highest BCUT2D eigenvalue weighted by Gasteiger charge is 2.29. The van der Waals surface area contributed by atoms with E-state index in [-0.39, 0.29) is 5.41 Å². The summed E-state index contributed by atoms with van der Waals surface area (Å²) < 4.78 is 0. The molecular weight excluding hydrogens is 212 g/mol. The highest BCUT2D eigenvalue weighted by molar-refractivity contribution is 5.59. The van der Waals surface area contributed by atoms with Crippen molar-refractivity contribution >= 4 is 6.29 Å². The molecule has 17 heavy (non-hydrogen) atoms. The highest BCUT2D eigenvalue weighted by atomic mass is 16.1. The average Bonchev–Trinajstić information content (AvgIpc) is 2.41. The van der Waals surface area contributed by atoms with E-state index >= 15 is 0 Å². The average molecular weight is 240 g/mol. The normalized spacial score (nSPS) is 27.4. The number of hydrogen-bond donors (Lipinski definition) is 0. The van der Waals surface area contributed by atoms with Crippen LogP contribution in [-0.2, 0) is 4.79 Å². The Bertz CT molecular complexity index is 244. The molecule has 1 saturated heterocycles. The van der Waals surface area contributed by atoms with Crippen molar-refractivity contribution in [3.63, 3.8) is 0 Å². The second-order valence-electron chi connectivity index (χ2n) is 5.96. The predicted molar refractivity (Wildman–Crippen MR) is 72.2 cm³/mol. The van der Waals surface area contributed by atoms with Crippen molar-refractivity contribution in [1.82, 2.24) is 9.80 Å². The Labute approximate surface area is 106 Å². The number of aldehydes is 1. The maximum atomic E-state index is 11.3. The fourth-order valence-corrected chi connectivity index (χ4v) is 2.87. The first-order chi connectivity index (χ1) is 8.00. The van der Waals surface area contributed by atoms with Crippen molar-refractivity contribution < 1.29 is 4.79 Å². The van der Waals surface area contributed by atoms with Gasteiger partial charge in [0.25, 0.3) is 0 Å². The second-order valence-corrected chi connectivity index (χ2v) is 5.96. The number of carbonyl (C=O) groups is 1. The van der Waals surface area contributed by atoms with Crippen LogP contribution in [0.4, 0.5) is 0 Å². The lowest BCUT2D eigenvalue weighted by atomic mass is 9.86. The Hall–Kier alpha value is -0.410. The van der Waals surface area contributed by atoms with E-state index < -0.39 is 0 Å². The van der Waals surface area contributed by atoms with Gasteiger partial charge in [-0.25, -0.2) is 0 Å². The van der Waals surface area contributed by atoms with Crippen molar-refractivity contribution in [2.45, 2.75) is 46.1 Å². The molecule has 0 aromatic heterocycles. The van der Waals surface area contributed by atoms with E-state index in [0.29, 0.717) is 6.04 Å². The van der Waals surface area contributed by atoms with Gasteiger partial charge in [0.2, 0.25) is 0 Å². The summed E-state index contributed by atoms with van der Waals surface area (Å²) in [5.41, 5.74) is -0.161. The molecule has 1 heterocycles. The molecule has 1 aliphatic heterocycles. The molecule has 2 atom stereocenters. The molecule has 1 aliphatic rings. The summed E-state index contributed by atoms with van der Waals surface area (Å²) in [7, 11) is 2.19. The van der Waals surface area contributed by atoms with Crippen LogP contribution >= 0.6 is 0 Å². The Balaban J connectivity index is 2.61. The number of carbonyl (C=O) groups excluding carboxylic acids is 1. The zero-order valence-corrected chi connectivity index (χ0v) is 11.9. The lowest BCUT2D eigenvalue weighted by molar-refractivity contribution is -0.117. The third kappa shape index (κ3) is 4.40. The van der Waals surface area contributed by atoms with Gasteiger partial charge in [-0.2, -0.15) is 0 Å². The van der Waals surface area contributed by atoms with Crippen molar-refractivity contribution in [2.75, 3.05) is 33.2 Å². The summed E-state index contributed by atoms with van der Waals surface area (Å²) in [5, 5.41) is 0. The van der Waals surface area contributed by atoms with Crippen molar-refractivity contribution in [3.05, 3.63) is 0 Å². The molecule has 0 saturated carbocycles. The van der Waals surface area contributed by atoms with Crippen LogP contribution in [0.1, 0.15) is 40.0 Å². The molecule has 0 spiro atoms. The summed E-state index contributed by atoms with van der Waals surface area (Å²) in [6.07, 6.45) is 4.45. The maximum Gasteiger partial charge on any atom is 0.127 e. The van der Waals surface area contributed by atoms with Crippen LogP contribution in [0, 0.1) is 5.41 Å². The summed E-state index contributed by atoms with van der Waals surface area (Å²) in [6.45, 7) is 10.9. The Kier molecular flexibility index (Phi) is 5.60. The van der Waals surface area contributed by atoms with Crippen LogP contribution < -0.4 is 0 Å². The molecule has 0 aromatic rings. The SMILES string of the molecule is CCCC(C)(C=O)CN1CCCN(C)CC1C. The zero-order chi connectivity index (χ0) is 12.9. The van der Waals surface area contributed by atoms with Gasteiger partial charge in [-0.05, 0) is 39.9 Å². The quantitative estimate of drug-likeness (QED) is 0.687. The summed E-state index contributed by atoms with van der Waals surface area (Å²) in [6, 6.07) is 0.554. The van der Waals surface area contributed by atoms with Gasteiger partial charge in [0.05, 0.1) is 0 Å². The van der Waals surface area contributed by atoms with Crippen LogP contribution in [0.3, 0.4) is 0 Å². The minimum absolute atomic E-state index is 0.161. The molecule has 0 bridgehead atoms. The Morgan fingerprint density at radius 2 is 2.12 bits per heavy atom. The molecule has 2 unspecified atom stereocenters. The van der Waals surface area contributed by atoms with Crippen molar-refractivity contribution in [3.8, 4) is 0 Å². The molecule has 0 amide bonds. The zero-order valence-electron chi connectivity index (χ0n) is 11.9. The smallest absolute Gasteiger partial charge is 0.127 e. The van der Waals surface area contributed by atoms with E-state index in [1.165, 1.54) is 13.0 Å². The molecular formula is C14H28N2O. The lowest BCUT2D eigenvalue weighted by Crippen LogP contribution is -2.44. The van der Waals surface area contributed by atoms with Crippen molar-refractivity contribution in [1.29, 1.82) is 0 Å². The predicted octanol–water partition coefficient (Wildman–Crippen LogP) is 2.02. The monoisotopic (exact) mass is 240 g/mol.